The molecule has 0 radical (unpaired) electrons. The van der Waals surface area contributed by atoms with Crippen LogP contribution in [0.4, 0.5) is 4.39 Å². The predicted molar refractivity (Wildman–Crippen MR) is 82.7 cm³/mol. The minimum absolute atomic E-state index is 0. The van der Waals surface area contributed by atoms with Crippen LogP contribution in [0, 0.1) is 11.7 Å². The minimum atomic E-state index is -0.660. The summed E-state index contributed by atoms with van der Waals surface area (Å²) in [6.45, 7) is 4.60. The van der Waals surface area contributed by atoms with Crippen molar-refractivity contribution in [2.24, 2.45) is 11.7 Å². The van der Waals surface area contributed by atoms with Gasteiger partial charge in [0.25, 0.3) is 5.91 Å². The van der Waals surface area contributed by atoms with Gasteiger partial charge in [0.1, 0.15) is 11.6 Å². The smallest absolute Gasteiger partial charge is 0.260 e. The fraction of sp³-hybridized carbons (Fsp3) is 0.462. The number of benzene rings is 1. The van der Waals surface area contributed by atoms with E-state index < -0.39 is 6.10 Å². The first-order chi connectivity index (χ1) is 8.93. The van der Waals surface area contributed by atoms with Crippen LogP contribution < -0.4 is 15.8 Å². The summed E-state index contributed by atoms with van der Waals surface area (Å²) in [5.41, 5.74) is 5.47. The van der Waals surface area contributed by atoms with Gasteiger partial charge in [0.05, 0.1) is 4.47 Å². The molecule has 0 fully saturated rings. The predicted octanol–water partition coefficient (Wildman–Crippen LogP) is 2.49. The Morgan fingerprint density at radius 2 is 2.15 bits per heavy atom. The molecule has 3 N–H and O–H groups in total. The van der Waals surface area contributed by atoms with Gasteiger partial charge in [0.2, 0.25) is 0 Å². The van der Waals surface area contributed by atoms with E-state index in [1.165, 1.54) is 18.2 Å². The summed E-state index contributed by atoms with van der Waals surface area (Å²) in [5, 5.41) is 2.75. The van der Waals surface area contributed by atoms with E-state index in [0.29, 0.717) is 23.3 Å². The van der Waals surface area contributed by atoms with Gasteiger partial charge in [0.15, 0.2) is 6.10 Å². The number of nitrogens with one attached hydrogen (secondary N) is 1. The molecule has 1 aromatic rings. The molecule has 1 rings (SSSR count). The van der Waals surface area contributed by atoms with Crippen LogP contribution in [0.1, 0.15) is 13.8 Å². The molecule has 0 saturated carbocycles. The summed E-state index contributed by atoms with van der Waals surface area (Å²) >= 11 is 3.18. The Kier molecular flexibility index (Phi) is 8.76. The van der Waals surface area contributed by atoms with Crippen LogP contribution in [0.25, 0.3) is 0 Å². The molecule has 0 aliphatic heterocycles. The van der Waals surface area contributed by atoms with Crippen molar-refractivity contribution < 1.29 is 13.9 Å². The van der Waals surface area contributed by atoms with Crippen LogP contribution in [-0.2, 0) is 4.79 Å². The summed E-state index contributed by atoms with van der Waals surface area (Å²) in [4.78, 5) is 11.8. The number of hydrogen-bond donors (Lipinski definition) is 2. The minimum Gasteiger partial charge on any atom is -0.480 e. The Morgan fingerprint density at radius 1 is 1.50 bits per heavy atom. The lowest BCUT2D eigenvalue weighted by Crippen LogP contribution is -2.39. The van der Waals surface area contributed by atoms with Crippen molar-refractivity contribution in [3.8, 4) is 5.75 Å². The highest BCUT2D eigenvalue weighted by Gasteiger charge is 2.16. The molecular formula is C13H19BrClFN2O2. The first-order valence-electron chi connectivity index (χ1n) is 6.03. The van der Waals surface area contributed by atoms with Gasteiger partial charge < -0.3 is 15.8 Å². The zero-order valence-corrected chi connectivity index (χ0v) is 13.8. The van der Waals surface area contributed by atoms with E-state index in [0.717, 1.165) is 0 Å². The number of hydrogen-bond acceptors (Lipinski definition) is 3. The van der Waals surface area contributed by atoms with Crippen LogP contribution in [0.15, 0.2) is 22.7 Å². The summed E-state index contributed by atoms with van der Waals surface area (Å²) < 4.78 is 18.9. The number of rotatable bonds is 6. The van der Waals surface area contributed by atoms with E-state index in [1.54, 1.807) is 6.92 Å². The van der Waals surface area contributed by atoms with Gasteiger partial charge in [-0.25, -0.2) is 4.39 Å². The number of amides is 1. The fourth-order valence-electron chi connectivity index (χ4n) is 1.32. The lowest BCUT2D eigenvalue weighted by molar-refractivity contribution is -0.127. The number of carbonyl (C=O) groups is 1. The van der Waals surface area contributed by atoms with Crippen LogP contribution in [0.2, 0.25) is 0 Å². The molecule has 0 bridgehead atoms. The van der Waals surface area contributed by atoms with Gasteiger partial charge in [-0.05, 0) is 53.5 Å². The lowest BCUT2D eigenvalue weighted by Gasteiger charge is -2.17. The van der Waals surface area contributed by atoms with Crippen LogP contribution in [0.5, 0.6) is 5.75 Å². The molecular weight excluding hydrogens is 351 g/mol. The van der Waals surface area contributed by atoms with Crippen LogP contribution >= 0.6 is 28.3 Å². The molecule has 0 aliphatic carbocycles. The van der Waals surface area contributed by atoms with Crippen molar-refractivity contribution in [1.82, 2.24) is 5.32 Å². The molecule has 4 nitrogen and oxygen atoms in total. The number of nitrogens with two attached hydrogens (primary N) is 1. The fourth-order valence-corrected chi connectivity index (χ4v) is 1.76. The maximum atomic E-state index is 12.9. The Bertz CT molecular complexity index is 448. The molecule has 1 aromatic carbocycles. The Labute approximate surface area is 132 Å². The quantitative estimate of drug-likeness (QED) is 0.810. The normalized spacial score (nSPS) is 13.1. The molecule has 0 spiro atoms. The van der Waals surface area contributed by atoms with Gasteiger partial charge in [-0.15, -0.1) is 12.4 Å². The maximum absolute atomic E-state index is 12.9. The van der Waals surface area contributed by atoms with E-state index in [1.807, 2.05) is 6.92 Å². The van der Waals surface area contributed by atoms with E-state index in [2.05, 4.69) is 21.2 Å². The monoisotopic (exact) mass is 368 g/mol. The van der Waals surface area contributed by atoms with Gasteiger partial charge in [-0.2, -0.15) is 0 Å². The Balaban J connectivity index is 0.00000361. The topological polar surface area (TPSA) is 64.3 Å². The number of halogens is 3. The molecule has 0 aliphatic rings. The molecule has 7 heteroatoms. The van der Waals surface area contributed by atoms with Crippen molar-refractivity contribution in [3.05, 3.63) is 28.5 Å². The highest BCUT2D eigenvalue weighted by molar-refractivity contribution is 9.10. The SMILES string of the molecule is CC(CN)CNC(=O)C(C)Oc1ccc(F)cc1Br.Cl. The van der Waals surface area contributed by atoms with Gasteiger partial charge in [0, 0.05) is 6.54 Å². The second-order valence-electron chi connectivity index (χ2n) is 4.42. The largest absolute Gasteiger partial charge is 0.480 e. The molecule has 0 heterocycles. The summed E-state index contributed by atoms with van der Waals surface area (Å²) in [5.74, 6) is 0.0502. The number of carbonyl (C=O) groups excluding carboxylic acids is 1. The highest BCUT2D eigenvalue weighted by atomic mass is 79.9. The molecule has 0 saturated heterocycles. The molecule has 20 heavy (non-hydrogen) atoms. The average molecular weight is 370 g/mol. The third-order valence-corrected chi connectivity index (χ3v) is 3.21. The first-order valence-corrected chi connectivity index (χ1v) is 6.82. The lowest BCUT2D eigenvalue weighted by atomic mass is 10.2. The van der Waals surface area contributed by atoms with E-state index in [9.17, 15) is 9.18 Å². The van der Waals surface area contributed by atoms with Crippen molar-refractivity contribution in [2.75, 3.05) is 13.1 Å². The van der Waals surface area contributed by atoms with Gasteiger partial charge >= 0.3 is 0 Å². The molecule has 114 valence electrons. The van der Waals surface area contributed by atoms with Gasteiger partial charge in [-0.1, -0.05) is 6.92 Å². The van der Waals surface area contributed by atoms with E-state index in [-0.39, 0.29) is 30.0 Å². The summed E-state index contributed by atoms with van der Waals surface area (Å²) in [6.07, 6.45) is -0.660. The van der Waals surface area contributed by atoms with E-state index in [4.69, 9.17) is 10.5 Å². The van der Waals surface area contributed by atoms with Crippen molar-refractivity contribution in [1.29, 1.82) is 0 Å². The van der Waals surface area contributed by atoms with Crippen LogP contribution in [0.3, 0.4) is 0 Å². The molecule has 2 atom stereocenters. The molecule has 0 aromatic heterocycles. The summed E-state index contributed by atoms with van der Waals surface area (Å²) in [6, 6.07) is 4.05. The summed E-state index contributed by atoms with van der Waals surface area (Å²) in [7, 11) is 0. The zero-order chi connectivity index (χ0) is 14.4. The third-order valence-electron chi connectivity index (χ3n) is 2.59. The number of ether oxygens (including phenoxy) is 1. The average Bonchev–Trinajstić information content (AvgIpc) is 2.38. The van der Waals surface area contributed by atoms with E-state index >= 15 is 0 Å². The Hall–Kier alpha value is -0.850. The highest BCUT2D eigenvalue weighted by Crippen LogP contribution is 2.26. The molecule has 2 unspecified atom stereocenters. The Morgan fingerprint density at radius 3 is 2.70 bits per heavy atom. The molecule has 1 amide bonds. The van der Waals surface area contributed by atoms with Crippen molar-refractivity contribution in [2.45, 2.75) is 20.0 Å². The van der Waals surface area contributed by atoms with Crippen LogP contribution in [-0.4, -0.2) is 25.1 Å². The first kappa shape index (κ1) is 19.1. The third kappa shape index (κ3) is 6.07. The van der Waals surface area contributed by atoms with Gasteiger partial charge in [-0.3, -0.25) is 4.79 Å². The zero-order valence-electron chi connectivity index (χ0n) is 11.4. The van der Waals surface area contributed by atoms with Crippen molar-refractivity contribution >= 4 is 34.2 Å². The maximum Gasteiger partial charge on any atom is 0.260 e. The second-order valence-corrected chi connectivity index (χ2v) is 5.28. The van der Waals surface area contributed by atoms with Crippen molar-refractivity contribution in [3.63, 3.8) is 0 Å². The second kappa shape index (κ2) is 9.15. The standard InChI is InChI=1S/C13H18BrFN2O2.ClH/c1-8(6-16)7-17-13(18)9(2)19-12-4-3-10(15)5-11(12)14;/h3-5,8-9H,6-7,16H2,1-2H3,(H,17,18);1H.